The summed E-state index contributed by atoms with van der Waals surface area (Å²) in [6, 6.07) is 9.71. The Morgan fingerprint density at radius 1 is 1.11 bits per heavy atom. The van der Waals surface area contributed by atoms with Crippen LogP contribution < -0.4 is 10.5 Å². The molecule has 3 rings (SSSR count). The summed E-state index contributed by atoms with van der Waals surface area (Å²) < 4.78 is 5.62. The Morgan fingerprint density at radius 2 is 1.82 bits per heavy atom. The van der Waals surface area contributed by atoms with Gasteiger partial charge in [-0.2, -0.15) is 0 Å². The second-order valence-corrected chi connectivity index (χ2v) is 8.12. The standard InChI is InChI=1S/C22H33N3O3/c1-17-7-13-25(19(15-17)16-23)22(27)18-8-11-24(12-9-18)21(26)10-14-28-20-5-3-2-4-6-20/h2-6,17-19H,7-16,23H2,1H3. The van der Waals surface area contributed by atoms with Crippen molar-refractivity contribution in [3.63, 3.8) is 0 Å². The summed E-state index contributed by atoms with van der Waals surface area (Å²) in [6.07, 6.45) is 3.91. The van der Waals surface area contributed by atoms with Gasteiger partial charge in [0.25, 0.3) is 0 Å². The summed E-state index contributed by atoms with van der Waals surface area (Å²) in [5.41, 5.74) is 5.91. The van der Waals surface area contributed by atoms with Crippen LogP contribution in [0.5, 0.6) is 5.75 Å². The highest BCUT2D eigenvalue weighted by atomic mass is 16.5. The molecule has 0 saturated carbocycles. The minimum Gasteiger partial charge on any atom is -0.493 e. The molecule has 0 bridgehead atoms. The van der Waals surface area contributed by atoms with Gasteiger partial charge in [0.2, 0.25) is 11.8 Å². The molecule has 6 heteroatoms. The lowest BCUT2D eigenvalue weighted by atomic mass is 9.89. The van der Waals surface area contributed by atoms with Gasteiger partial charge in [-0.25, -0.2) is 0 Å². The fourth-order valence-corrected chi connectivity index (χ4v) is 4.31. The zero-order chi connectivity index (χ0) is 19.9. The third-order valence-electron chi connectivity index (χ3n) is 6.06. The van der Waals surface area contributed by atoms with E-state index in [0.29, 0.717) is 38.6 Å². The van der Waals surface area contributed by atoms with Crippen molar-refractivity contribution in [1.29, 1.82) is 0 Å². The van der Waals surface area contributed by atoms with Crippen LogP contribution in [-0.4, -0.2) is 60.4 Å². The molecule has 6 nitrogen and oxygen atoms in total. The molecule has 0 spiro atoms. The van der Waals surface area contributed by atoms with E-state index >= 15 is 0 Å². The molecule has 154 valence electrons. The molecule has 2 aliphatic rings. The molecule has 2 aliphatic heterocycles. The first-order valence-corrected chi connectivity index (χ1v) is 10.5. The van der Waals surface area contributed by atoms with E-state index in [0.717, 1.165) is 38.0 Å². The third kappa shape index (κ3) is 5.25. The number of carbonyl (C=O) groups is 2. The van der Waals surface area contributed by atoms with Crippen molar-refractivity contribution in [2.45, 2.75) is 45.1 Å². The molecule has 1 aromatic carbocycles. The molecular formula is C22H33N3O3. The number of hydrogen-bond acceptors (Lipinski definition) is 4. The van der Waals surface area contributed by atoms with Crippen LogP contribution in [-0.2, 0) is 9.59 Å². The zero-order valence-electron chi connectivity index (χ0n) is 16.9. The Hall–Kier alpha value is -2.08. The first kappa shape index (κ1) is 20.6. The fourth-order valence-electron chi connectivity index (χ4n) is 4.31. The lowest BCUT2D eigenvalue weighted by molar-refractivity contribution is -0.144. The van der Waals surface area contributed by atoms with E-state index in [9.17, 15) is 9.59 Å². The lowest BCUT2D eigenvalue weighted by Gasteiger charge is -2.41. The largest absolute Gasteiger partial charge is 0.493 e. The van der Waals surface area contributed by atoms with Crippen molar-refractivity contribution in [3.8, 4) is 5.75 Å². The summed E-state index contributed by atoms with van der Waals surface area (Å²) in [7, 11) is 0. The number of amides is 2. The number of benzene rings is 1. The Bertz CT molecular complexity index is 644. The summed E-state index contributed by atoms with van der Waals surface area (Å²) in [6.45, 7) is 5.27. The third-order valence-corrected chi connectivity index (χ3v) is 6.06. The number of carbonyl (C=O) groups excluding carboxylic acids is 2. The van der Waals surface area contributed by atoms with Gasteiger partial charge in [0.15, 0.2) is 0 Å². The van der Waals surface area contributed by atoms with Crippen molar-refractivity contribution < 1.29 is 14.3 Å². The Labute approximate surface area is 168 Å². The van der Waals surface area contributed by atoms with Gasteiger partial charge in [-0.1, -0.05) is 25.1 Å². The first-order chi connectivity index (χ1) is 13.6. The van der Waals surface area contributed by atoms with Crippen LogP contribution in [0, 0.1) is 11.8 Å². The monoisotopic (exact) mass is 387 g/mol. The number of ether oxygens (including phenoxy) is 1. The molecule has 2 saturated heterocycles. The number of likely N-dealkylation sites (tertiary alicyclic amines) is 2. The summed E-state index contributed by atoms with van der Waals surface area (Å²) in [5, 5.41) is 0. The van der Waals surface area contributed by atoms with Crippen LogP contribution in [0.15, 0.2) is 30.3 Å². The van der Waals surface area contributed by atoms with Crippen LogP contribution in [0.25, 0.3) is 0 Å². The van der Waals surface area contributed by atoms with Gasteiger partial charge in [-0.15, -0.1) is 0 Å². The second-order valence-electron chi connectivity index (χ2n) is 8.12. The van der Waals surface area contributed by atoms with Gasteiger partial charge in [0.05, 0.1) is 13.0 Å². The van der Waals surface area contributed by atoms with Crippen molar-refractivity contribution >= 4 is 11.8 Å². The molecule has 2 fully saturated rings. The van der Waals surface area contributed by atoms with Crippen molar-refractivity contribution in [1.82, 2.24) is 9.80 Å². The minimum atomic E-state index is 0.0204. The highest BCUT2D eigenvalue weighted by molar-refractivity contribution is 5.80. The lowest BCUT2D eigenvalue weighted by Crippen LogP contribution is -2.52. The molecule has 28 heavy (non-hydrogen) atoms. The predicted octanol–water partition coefficient (Wildman–Crippen LogP) is 2.28. The highest BCUT2D eigenvalue weighted by Gasteiger charge is 2.35. The molecule has 1 aromatic rings. The number of para-hydroxylation sites is 1. The number of hydrogen-bond donors (Lipinski definition) is 1. The molecule has 2 amide bonds. The van der Waals surface area contributed by atoms with Gasteiger partial charge >= 0.3 is 0 Å². The average Bonchev–Trinajstić information content (AvgIpc) is 2.74. The second kappa shape index (κ2) is 9.92. The Morgan fingerprint density at radius 3 is 2.50 bits per heavy atom. The molecule has 2 heterocycles. The summed E-state index contributed by atoms with van der Waals surface area (Å²) in [4.78, 5) is 29.3. The van der Waals surface area contributed by atoms with Crippen molar-refractivity contribution in [3.05, 3.63) is 30.3 Å². The summed E-state index contributed by atoms with van der Waals surface area (Å²) in [5.74, 6) is 1.78. The molecule has 0 radical (unpaired) electrons. The maximum Gasteiger partial charge on any atom is 0.226 e. The molecule has 0 aromatic heterocycles. The number of piperidine rings is 2. The molecule has 2 N–H and O–H groups in total. The van der Waals surface area contributed by atoms with Gasteiger partial charge < -0.3 is 20.3 Å². The summed E-state index contributed by atoms with van der Waals surface area (Å²) >= 11 is 0. The van der Waals surface area contributed by atoms with Crippen molar-refractivity contribution in [2.24, 2.45) is 17.6 Å². The van der Waals surface area contributed by atoms with Gasteiger partial charge in [0.1, 0.15) is 5.75 Å². The van der Waals surface area contributed by atoms with E-state index in [2.05, 4.69) is 6.92 Å². The maximum absolute atomic E-state index is 13.0. The van der Waals surface area contributed by atoms with E-state index in [1.165, 1.54) is 0 Å². The SMILES string of the molecule is CC1CCN(C(=O)C2CCN(C(=O)CCOc3ccccc3)CC2)C(CN)C1. The van der Waals surface area contributed by atoms with Gasteiger partial charge in [-0.3, -0.25) is 9.59 Å². The van der Waals surface area contributed by atoms with E-state index in [-0.39, 0.29) is 23.8 Å². The van der Waals surface area contributed by atoms with Crippen molar-refractivity contribution in [2.75, 3.05) is 32.8 Å². The van der Waals surface area contributed by atoms with E-state index in [1.807, 2.05) is 40.1 Å². The zero-order valence-corrected chi connectivity index (χ0v) is 16.9. The van der Waals surface area contributed by atoms with E-state index < -0.39 is 0 Å². The normalized spacial score (nSPS) is 23.5. The van der Waals surface area contributed by atoms with Crippen LogP contribution in [0.1, 0.15) is 39.0 Å². The van der Waals surface area contributed by atoms with E-state index in [4.69, 9.17) is 10.5 Å². The van der Waals surface area contributed by atoms with E-state index in [1.54, 1.807) is 0 Å². The van der Waals surface area contributed by atoms with Gasteiger partial charge in [-0.05, 0) is 43.7 Å². The number of rotatable bonds is 6. The van der Waals surface area contributed by atoms with Crippen LogP contribution >= 0.6 is 0 Å². The topological polar surface area (TPSA) is 75.9 Å². The highest BCUT2D eigenvalue weighted by Crippen LogP contribution is 2.27. The van der Waals surface area contributed by atoms with Crippen LogP contribution in [0.2, 0.25) is 0 Å². The first-order valence-electron chi connectivity index (χ1n) is 10.5. The molecular weight excluding hydrogens is 354 g/mol. The van der Waals surface area contributed by atoms with Gasteiger partial charge in [0, 0.05) is 38.1 Å². The molecule has 0 aliphatic carbocycles. The molecule has 2 unspecified atom stereocenters. The minimum absolute atomic E-state index is 0.0204. The average molecular weight is 388 g/mol. The maximum atomic E-state index is 13.0. The van der Waals surface area contributed by atoms with Crippen LogP contribution in [0.3, 0.4) is 0 Å². The molecule has 2 atom stereocenters. The van der Waals surface area contributed by atoms with Crippen LogP contribution in [0.4, 0.5) is 0 Å². The smallest absolute Gasteiger partial charge is 0.226 e. The Balaban J connectivity index is 1.42. The quantitative estimate of drug-likeness (QED) is 0.812. The number of nitrogens with two attached hydrogens (primary N) is 1. The fraction of sp³-hybridized carbons (Fsp3) is 0.636. The number of nitrogens with zero attached hydrogens (tertiary/aromatic N) is 2. The Kier molecular flexibility index (Phi) is 7.31. The predicted molar refractivity (Wildman–Crippen MR) is 109 cm³/mol.